The van der Waals surface area contributed by atoms with Crippen LogP contribution in [-0.4, -0.2) is 35.3 Å². The minimum Gasteiger partial charge on any atom is -0.361 e. The second kappa shape index (κ2) is 7.90. The first-order valence-electron chi connectivity index (χ1n) is 9.28. The Kier molecular flexibility index (Phi) is 5.53. The Morgan fingerprint density at radius 1 is 1.22 bits per heavy atom. The van der Waals surface area contributed by atoms with Gasteiger partial charge in [-0.2, -0.15) is 0 Å². The highest BCUT2D eigenvalue weighted by Crippen LogP contribution is 2.27. The van der Waals surface area contributed by atoms with Gasteiger partial charge in [-0.3, -0.25) is 4.79 Å². The zero-order chi connectivity index (χ0) is 19.0. The first kappa shape index (κ1) is 18.9. The minimum atomic E-state index is 0.120. The second-order valence-electron chi connectivity index (χ2n) is 7.40. The van der Waals surface area contributed by atoms with Gasteiger partial charge in [0.15, 0.2) is 5.78 Å². The number of nitrogens with one attached hydrogen (secondary N) is 1. The summed E-state index contributed by atoms with van der Waals surface area (Å²) < 4.78 is 1.75. The Hall–Kier alpha value is -1.43. The minimum absolute atomic E-state index is 0.120. The predicted molar refractivity (Wildman–Crippen MR) is 118 cm³/mol. The van der Waals surface area contributed by atoms with E-state index in [0.717, 1.165) is 26.4 Å². The van der Waals surface area contributed by atoms with Crippen LogP contribution >= 0.6 is 31.9 Å². The summed E-state index contributed by atoms with van der Waals surface area (Å²) in [7, 11) is 2.21. The molecule has 0 saturated carbocycles. The Morgan fingerprint density at radius 2 is 2.07 bits per heavy atom. The highest BCUT2D eigenvalue weighted by molar-refractivity contribution is 9.11. The van der Waals surface area contributed by atoms with E-state index in [1.807, 2.05) is 24.3 Å². The van der Waals surface area contributed by atoms with Gasteiger partial charge in [-0.05, 0) is 74.3 Å². The number of rotatable bonds is 5. The highest BCUT2D eigenvalue weighted by atomic mass is 79.9. The predicted octanol–water partition coefficient (Wildman–Crippen LogP) is 5.76. The van der Waals surface area contributed by atoms with Gasteiger partial charge in [0.05, 0.1) is 0 Å². The van der Waals surface area contributed by atoms with E-state index < -0.39 is 0 Å². The molecule has 1 aliphatic heterocycles. The van der Waals surface area contributed by atoms with Crippen LogP contribution in [0.1, 0.15) is 34.3 Å². The molecule has 4 rings (SSSR count). The monoisotopic (exact) mass is 488 g/mol. The summed E-state index contributed by atoms with van der Waals surface area (Å²) in [5.74, 6) is 0.120. The highest BCUT2D eigenvalue weighted by Gasteiger charge is 2.22. The van der Waals surface area contributed by atoms with Crippen LogP contribution in [0.15, 0.2) is 51.5 Å². The third kappa shape index (κ3) is 4.05. The number of likely N-dealkylation sites (N-methyl/N-ethyl adjacent to an activating group) is 1. The summed E-state index contributed by atoms with van der Waals surface area (Å²) in [6.07, 6.45) is 6.14. The average Bonchev–Trinajstić information content (AvgIpc) is 3.24. The van der Waals surface area contributed by atoms with Crippen molar-refractivity contribution in [3.8, 4) is 0 Å². The molecule has 0 radical (unpaired) electrons. The molecule has 1 saturated heterocycles. The van der Waals surface area contributed by atoms with Crippen LogP contribution in [0.25, 0.3) is 10.9 Å². The van der Waals surface area contributed by atoms with Crippen LogP contribution in [-0.2, 0) is 12.8 Å². The maximum absolute atomic E-state index is 12.8. The Morgan fingerprint density at radius 3 is 2.85 bits per heavy atom. The normalized spacial score (nSPS) is 17.7. The first-order chi connectivity index (χ1) is 13.0. The lowest BCUT2D eigenvalue weighted by Gasteiger charge is -2.18. The van der Waals surface area contributed by atoms with E-state index in [0.29, 0.717) is 18.0 Å². The largest absolute Gasteiger partial charge is 0.361 e. The van der Waals surface area contributed by atoms with Crippen LogP contribution in [0.3, 0.4) is 0 Å². The number of aromatic nitrogens is 1. The molecule has 1 fully saturated rings. The molecule has 3 aromatic rings. The van der Waals surface area contributed by atoms with E-state index in [4.69, 9.17) is 0 Å². The van der Waals surface area contributed by atoms with E-state index in [9.17, 15) is 4.79 Å². The molecule has 140 valence electrons. The topological polar surface area (TPSA) is 36.1 Å². The van der Waals surface area contributed by atoms with Gasteiger partial charge in [0.1, 0.15) is 0 Å². The quantitative estimate of drug-likeness (QED) is 0.463. The number of fused-ring (bicyclic) bond motifs is 1. The van der Waals surface area contributed by atoms with Gasteiger partial charge >= 0.3 is 0 Å². The molecule has 1 aliphatic rings. The van der Waals surface area contributed by atoms with E-state index in [2.05, 4.69) is 67.1 Å². The van der Waals surface area contributed by atoms with Gasteiger partial charge < -0.3 is 9.88 Å². The number of ketones is 1. The summed E-state index contributed by atoms with van der Waals surface area (Å²) in [6.45, 7) is 1.19. The van der Waals surface area contributed by atoms with Crippen molar-refractivity contribution in [1.29, 1.82) is 0 Å². The number of hydrogen-bond acceptors (Lipinski definition) is 2. The fraction of sp³-hybridized carbons (Fsp3) is 0.318. The van der Waals surface area contributed by atoms with Crippen LogP contribution < -0.4 is 0 Å². The van der Waals surface area contributed by atoms with Crippen molar-refractivity contribution in [2.75, 3.05) is 13.6 Å². The molecular weight excluding hydrogens is 468 g/mol. The SMILES string of the molecule is CN1CCCC1Cc1c[nH]c2ccc(CC(=O)c3cc(Br)ccc3Br)cc12. The number of halogens is 2. The van der Waals surface area contributed by atoms with Gasteiger partial charge in [-0.15, -0.1) is 0 Å². The number of carbonyl (C=O) groups excluding carboxylic acids is 1. The number of Topliss-reactive ketones (excluding diaryl/α,β-unsaturated/α-hetero) is 1. The summed E-state index contributed by atoms with van der Waals surface area (Å²) in [5, 5.41) is 1.24. The molecule has 1 atom stereocenters. The third-order valence-corrected chi connectivity index (χ3v) is 6.74. The summed E-state index contributed by atoms with van der Waals surface area (Å²) in [6, 6.07) is 12.7. The number of carbonyl (C=O) groups is 1. The molecule has 2 aromatic carbocycles. The van der Waals surface area contributed by atoms with Crippen molar-refractivity contribution < 1.29 is 4.79 Å². The maximum atomic E-state index is 12.8. The van der Waals surface area contributed by atoms with Crippen LogP contribution in [0.2, 0.25) is 0 Å². The molecule has 1 N–H and O–H groups in total. The number of hydrogen-bond donors (Lipinski definition) is 1. The molecule has 1 aromatic heterocycles. The van der Waals surface area contributed by atoms with Crippen LogP contribution in [0, 0.1) is 0 Å². The van der Waals surface area contributed by atoms with E-state index >= 15 is 0 Å². The van der Waals surface area contributed by atoms with Gasteiger partial charge in [0, 0.05) is 44.1 Å². The first-order valence-corrected chi connectivity index (χ1v) is 10.9. The van der Waals surface area contributed by atoms with Crippen LogP contribution in [0.4, 0.5) is 0 Å². The molecule has 2 heterocycles. The van der Waals surface area contributed by atoms with Crippen molar-refractivity contribution in [2.24, 2.45) is 0 Å². The molecule has 1 unspecified atom stereocenters. The number of H-pyrrole nitrogens is 1. The molecule has 5 heteroatoms. The van der Waals surface area contributed by atoms with Crippen molar-refractivity contribution in [3.05, 3.63) is 68.2 Å². The lowest BCUT2D eigenvalue weighted by atomic mass is 9.99. The summed E-state index contributed by atoms with van der Waals surface area (Å²) in [5.41, 5.74) is 4.26. The summed E-state index contributed by atoms with van der Waals surface area (Å²) in [4.78, 5) is 18.6. The number of likely N-dealkylation sites (tertiary alicyclic amines) is 1. The molecule has 0 aliphatic carbocycles. The fourth-order valence-corrected chi connectivity index (χ4v) is 4.82. The zero-order valence-electron chi connectivity index (χ0n) is 15.3. The van der Waals surface area contributed by atoms with Crippen molar-refractivity contribution in [3.63, 3.8) is 0 Å². The van der Waals surface area contributed by atoms with E-state index in [1.54, 1.807) is 0 Å². The Bertz CT molecular complexity index is 995. The molecule has 27 heavy (non-hydrogen) atoms. The molecule has 0 spiro atoms. The Labute approximate surface area is 176 Å². The molecule has 0 amide bonds. The average molecular weight is 490 g/mol. The molecule has 0 bridgehead atoms. The van der Waals surface area contributed by atoms with E-state index in [1.165, 1.54) is 30.3 Å². The van der Waals surface area contributed by atoms with Crippen LogP contribution in [0.5, 0.6) is 0 Å². The van der Waals surface area contributed by atoms with Gasteiger partial charge in [-0.1, -0.05) is 37.9 Å². The second-order valence-corrected chi connectivity index (χ2v) is 9.17. The lowest BCUT2D eigenvalue weighted by Crippen LogP contribution is -2.26. The zero-order valence-corrected chi connectivity index (χ0v) is 18.4. The number of aromatic amines is 1. The fourth-order valence-electron chi connectivity index (χ4n) is 3.99. The Balaban J connectivity index is 1.58. The third-order valence-electron chi connectivity index (χ3n) is 5.55. The standard InChI is InChI=1S/C22H22Br2N2O/c1-26-8-2-3-17(26)11-15-13-25-21-7-4-14(9-18(15)21)10-22(27)19-12-16(23)5-6-20(19)24/h4-7,9,12-13,17,25H,2-3,8,10-11H2,1H3. The lowest BCUT2D eigenvalue weighted by molar-refractivity contribution is 0.0992. The van der Waals surface area contributed by atoms with Crippen molar-refractivity contribution in [1.82, 2.24) is 9.88 Å². The van der Waals surface area contributed by atoms with Crippen molar-refractivity contribution >= 4 is 48.5 Å². The number of nitrogens with zero attached hydrogens (tertiary/aromatic N) is 1. The van der Waals surface area contributed by atoms with Gasteiger partial charge in [0.2, 0.25) is 0 Å². The van der Waals surface area contributed by atoms with Crippen molar-refractivity contribution in [2.45, 2.75) is 31.7 Å². The van der Waals surface area contributed by atoms with Gasteiger partial charge in [-0.25, -0.2) is 0 Å². The maximum Gasteiger partial charge on any atom is 0.168 e. The number of benzene rings is 2. The van der Waals surface area contributed by atoms with E-state index in [-0.39, 0.29) is 5.78 Å². The summed E-state index contributed by atoms with van der Waals surface area (Å²) >= 11 is 6.94. The molecule has 3 nitrogen and oxygen atoms in total. The smallest absolute Gasteiger partial charge is 0.168 e. The van der Waals surface area contributed by atoms with Gasteiger partial charge in [0.25, 0.3) is 0 Å². The molecular formula is C22H22Br2N2O.